The number of carbonyl (C=O) groups is 1. The van der Waals surface area contributed by atoms with Gasteiger partial charge >= 0.3 is 0 Å². The van der Waals surface area contributed by atoms with Gasteiger partial charge in [-0.15, -0.1) is 0 Å². The minimum absolute atomic E-state index is 0.0987. The zero-order valence-corrected chi connectivity index (χ0v) is 15.2. The summed E-state index contributed by atoms with van der Waals surface area (Å²) >= 11 is 0. The van der Waals surface area contributed by atoms with E-state index in [9.17, 15) is 9.90 Å². The first kappa shape index (κ1) is 19.1. The van der Waals surface area contributed by atoms with Gasteiger partial charge in [-0.3, -0.25) is 4.79 Å². The Morgan fingerprint density at radius 1 is 0.923 bits per heavy atom. The Morgan fingerprint density at radius 3 is 2.00 bits per heavy atom. The SMILES string of the molecule is COc1ccc(/C=C/C(O)=C/C(=O)/C=C/c2ccc(N(C)C)cc2)cc1. The summed E-state index contributed by atoms with van der Waals surface area (Å²) in [5.41, 5.74) is 2.91. The molecule has 4 nitrogen and oxygen atoms in total. The van der Waals surface area contributed by atoms with Crippen LogP contribution in [0.3, 0.4) is 0 Å². The standard InChI is InChI=1S/C22H23NO3/c1-23(2)19-10-4-17(5-11-19)6-12-20(24)16-21(25)13-7-18-8-14-22(26-3)15-9-18/h4-16,25H,1-3H3/b12-6+,13-7+,21-16-. The second-order valence-electron chi connectivity index (χ2n) is 5.90. The number of anilines is 1. The Morgan fingerprint density at radius 2 is 1.46 bits per heavy atom. The summed E-state index contributed by atoms with van der Waals surface area (Å²) in [5, 5.41) is 9.87. The van der Waals surface area contributed by atoms with E-state index in [2.05, 4.69) is 0 Å². The highest BCUT2D eigenvalue weighted by atomic mass is 16.5. The molecule has 134 valence electrons. The molecule has 0 aliphatic carbocycles. The number of hydrogen-bond acceptors (Lipinski definition) is 4. The monoisotopic (exact) mass is 349 g/mol. The Balaban J connectivity index is 1.96. The van der Waals surface area contributed by atoms with Crippen molar-refractivity contribution in [2.45, 2.75) is 0 Å². The number of aliphatic hydroxyl groups excluding tert-OH is 1. The van der Waals surface area contributed by atoms with Gasteiger partial charge in [-0.25, -0.2) is 0 Å². The lowest BCUT2D eigenvalue weighted by atomic mass is 10.1. The molecule has 0 aliphatic heterocycles. The molecule has 26 heavy (non-hydrogen) atoms. The molecule has 4 heteroatoms. The van der Waals surface area contributed by atoms with Crippen LogP contribution in [0.4, 0.5) is 5.69 Å². The van der Waals surface area contributed by atoms with Crippen molar-refractivity contribution in [3.63, 3.8) is 0 Å². The smallest absolute Gasteiger partial charge is 0.182 e. The quantitative estimate of drug-likeness (QED) is 0.454. The van der Waals surface area contributed by atoms with E-state index in [1.54, 1.807) is 19.3 Å². The third kappa shape index (κ3) is 5.98. The van der Waals surface area contributed by atoms with E-state index in [1.165, 1.54) is 18.2 Å². The van der Waals surface area contributed by atoms with Gasteiger partial charge < -0.3 is 14.7 Å². The highest BCUT2D eigenvalue weighted by molar-refractivity contribution is 6.02. The molecule has 0 bridgehead atoms. The number of benzene rings is 2. The third-order valence-corrected chi connectivity index (χ3v) is 3.70. The summed E-state index contributed by atoms with van der Waals surface area (Å²) in [6, 6.07) is 15.2. The zero-order chi connectivity index (χ0) is 18.9. The number of nitrogens with zero attached hydrogens (tertiary/aromatic N) is 1. The minimum atomic E-state index is -0.279. The number of allylic oxidation sites excluding steroid dienone is 3. The van der Waals surface area contributed by atoms with Crippen LogP contribution < -0.4 is 9.64 Å². The van der Waals surface area contributed by atoms with E-state index in [1.807, 2.05) is 67.5 Å². The summed E-state index contributed by atoms with van der Waals surface area (Å²) in [6.45, 7) is 0. The van der Waals surface area contributed by atoms with Gasteiger partial charge in [-0.05, 0) is 47.5 Å². The van der Waals surface area contributed by atoms with Crippen molar-refractivity contribution >= 4 is 23.6 Å². The van der Waals surface area contributed by atoms with Crippen LogP contribution in [-0.4, -0.2) is 32.1 Å². The van der Waals surface area contributed by atoms with Gasteiger partial charge in [0.2, 0.25) is 0 Å². The minimum Gasteiger partial charge on any atom is -0.508 e. The fourth-order valence-corrected chi connectivity index (χ4v) is 2.20. The fraction of sp³-hybridized carbons (Fsp3) is 0.136. The number of aliphatic hydroxyl groups is 1. The van der Waals surface area contributed by atoms with Crippen LogP contribution in [0.1, 0.15) is 11.1 Å². The molecule has 0 atom stereocenters. The number of ketones is 1. The molecule has 1 N–H and O–H groups in total. The molecule has 2 aromatic carbocycles. The zero-order valence-electron chi connectivity index (χ0n) is 15.2. The first-order chi connectivity index (χ1) is 12.5. The van der Waals surface area contributed by atoms with Crippen molar-refractivity contribution in [1.82, 2.24) is 0 Å². The summed E-state index contributed by atoms with van der Waals surface area (Å²) in [4.78, 5) is 13.9. The molecular formula is C22H23NO3. The predicted octanol–water partition coefficient (Wildman–Crippen LogP) is 4.50. The maximum Gasteiger partial charge on any atom is 0.182 e. The van der Waals surface area contributed by atoms with Crippen LogP contribution in [0.5, 0.6) is 5.75 Å². The number of ether oxygens (including phenoxy) is 1. The Hall–Kier alpha value is -3.27. The molecule has 0 fully saturated rings. The van der Waals surface area contributed by atoms with E-state index >= 15 is 0 Å². The maximum atomic E-state index is 11.9. The van der Waals surface area contributed by atoms with Gasteiger partial charge in [-0.1, -0.05) is 36.4 Å². The van der Waals surface area contributed by atoms with Crippen LogP contribution >= 0.6 is 0 Å². The summed E-state index contributed by atoms with van der Waals surface area (Å²) in [5.74, 6) is 0.387. The largest absolute Gasteiger partial charge is 0.508 e. The average molecular weight is 349 g/mol. The molecule has 0 heterocycles. The van der Waals surface area contributed by atoms with Crippen LogP contribution in [-0.2, 0) is 4.79 Å². The van der Waals surface area contributed by atoms with Crippen LogP contribution in [0.2, 0.25) is 0 Å². The first-order valence-corrected chi connectivity index (χ1v) is 8.20. The Bertz CT molecular complexity index is 813. The van der Waals surface area contributed by atoms with Crippen molar-refractivity contribution in [2.24, 2.45) is 0 Å². The number of rotatable bonds is 7. The molecule has 0 saturated heterocycles. The molecule has 0 spiro atoms. The van der Waals surface area contributed by atoms with Gasteiger partial charge in [0.1, 0.15) is 11.5 Å². The van der Waals surface area contributed by atoms with E-state index in [4.69, 9.17) is 4.74 Å². The van der Waals surface area contributed by atoms with Gasteiger partial charge in [0.05, 0.1) is 7.11 Å². The molecule has 2 aromatic rings. The normalized spacial score (nSPS) is 11.9. The fourth-order valence-electron chi connectivity index (χ4n) is 2.20. The van der Waals surface area contributed by atoms with Gasteiger partial charge in [0.25, 0.3) is 0 Å². The lowest BCUT2D eigenvalue weighted by molar-refractivity contribution is -0.110. The molecule has 0 radical (unpaired) electrons. The molecule has 0 aromatic heterocycles. The van der Waals surface area contributed by atoms with Crippen molar-refractivity contribution in [3.8, 4) is 5.75 Å². The summed E-state index contributed by atoms with van der Waals surface area (Å²) in [6.07, 6.45) is 7.55. The van der Waals surface area contributed by atoms with Crippen molar-refractivity contribution in [3.05, 3.63) is 83.6 Å². The number of methoxy groups -OCH3 is 1. The van der Waals surface area contributed by atoms with Crippen LogP contribution in [0.25, 0.3) is 12.2 Å². The number of hydrogen-bond donors (Lipinski definition) is 1. The summed E-state index contributed by atoms with van der Waals surface area (Å²) in [7, 11) is 5.55. The second-order valence-corrected chi connectivity index (χ2v) is 5.90. The van der Waals surface area contributed by atoms with Gasteiger partial charge in [0.15, 0.2) is 5.78 Å². The lowest BCUT2D eigenvalue weighted by Gasteiger charge is -2.11. The van der Waals surface area contributed by atoms with Crippen molar-refractivity contribution in [1.29, 1.82) is 0 Å². The second kappa shape index (κ2) is 9.28. The molecule has 0 aliphatic rings. The Labute approximate surface area is 154 Å². The van der Waals surface area contributed by atoms with E-state index in [-0.39, 0.29) is 11.5 Å². The predicted molar refractivity (Wildman–Crippen MR) is 108 cm³/mol. The molecular weight excluding hydrogens is 326 g/mol. The maximum absolute atomic E-state index is 11.9. The lowest BCUT2D eigenvalue weighted by Crippen LogP contribution is -2.07. The Kier molecular flexibility index (Phi) is 6.80. The van der Waals surface area contributed by atoms with Crippen LogP contribution in [0, 0.1) is 0 Å². The van der Waals surface area contributed by atoms with Crippen molar-refractivity contribution in [2.75, 3.05) is 26.1 Å². The number of carbonyl (C=O) groups excluding carboxylic acids is 1. The third-order valence-electron chi connectivity index (χ3n) is 3.70. The molecule has 0 unspecified atom stereocenters. The van der Waals surface area contributed by atoms with E-state index < -0.39 is 0 Å². The van der Waals surface area contributed by atoms with Crippen LogP contribution in [0.15, 0.2) is 72.5 Å². The average Bonchev–Trinajstić information content (AvgIpc) is 2.65. The molecule has 2 rings (SSSR count). The van der Waals surface area contributed by atoms with Gasteiger partial charge in [0, 0.05) is 25.9 Å². The van der Waals surface area contributed by atoms with Gasteiger partial charge in [-0.2, -0.15) is 0 Å². The molecule has 0 amide bonds. The first-order valence-electron chi connectivity index (χ1n) is 8.20. The van der Waals surface area contributed by atoms with Crippen molar-refractivity contribution < 1.29 is 14.6 Å². The van der Waals surface area contributed by atoms with E-state index in [0.29, 0.717) is 0 Å². The van der Waals surface area contributed by atoms with E-state index in [0.717, 1.165) is 22.6 Å². The molecule has 0 saturated carbocycles. The summed E-state index contributed by atoms with van der Waals surface area (Å²) < 4.78 is 5.09. The highest BCUT2D eigenvalue weighted by Crippen LogP contribution is 2.14. The topological polar surface area (TPSA) is 49.8 Å². The highest BCUT2D eigenvalue weighted by Gasteiger charge is 1.97.